The van der Waals surface area contributed by atoms with Gasteiger partial charge in [0.15, 0.2) is 5.69 Å². The fraction of sp³-hybridized carbons (Fsp3) is 0.120. The molecule has 0 spiro atoms. The lowest BCUT2D eigenvalue weighted by atomic mass is 9.94. The minimum Gasteiger partial charge on any atom is -0.497 e. The van der Waals surface area contributed by atoms with Crippen LogP contribution in [0.4, 0.5) is 5.69 Å². The third kappa shape index (κ3) is 3.77. The van der Waals surface area contributed by atoms with Crippen LogP contribution in [0, 0.1) is 11.3 Å². The number of ether oxygens (including phenoxy) is 2. The molecule has 3 aromatic carbocycles. The molecule has 0 atom stereocenters. The number of rotatable bonds is 5. The monoisotopic (exact) mass is 440 g/mol. The van der Waals surface area contributed by atoms with Gasteiger partial charge in [0, 0.05) is 10.9 Å². The Morgan fingerprint density at radius 2 is 1.85 bits per heavy atom. The zero-order chi connectivity index (χ0) is 23.5. The van der Waals surface area contributed by atoms with Crippen LogP contribution in [0.2, 0.25) is 0 Å². The average molecular weight is 440 g/mol. The van der Waals surface area contributed by atoms with E-state index in [0.717, 1.165) is 4.68 Å². The Labute approximate surface area is 189 Å². The van der Waals surface area contributed by atoms with Crippen molar-refractivity contribution in [1.82, 2.24) is 9.78 Å². The van der Waals surface area contributed by atoms with E-state index in [-0.39, 0.29) is 34.3 Å². The van der Waals surface area contributed by atoms with Crippen molar-refractivity contribution in [3.63, 3.8) is 0 Å². The minimum atomic E-state index is -0.697. The van der Waals surface area contributed by atoms with Crippen molar-refractivity contribution < 1.29 is 14.3 Å². The summed E-state index contributed by atoms with van der Waals surface area (Å²) < 4.78 is 11.5. The molecule has 4 rings (SSSR count). The van der Waals surface area contributed by atoms with Crippen LogP contribution in [-0.2, 0) is 4.74 Å². The molecular formula is C25H20N4O4. The van der Waals surface area contributed by atoms with Crippen LogP contribution in [0.25, 0.3) is 27.6 Å². The quantitative estimate of drug-likeness (QED) is 0.371. The van der Waals surface area contributed by atoms with E-state index in [1.807, 2.05) is 0 Å². The number of hydrogen-bond donors (Lipinski definition) is 1. The number of carbonyl (C=O) groups excluding carboxylic acids is 1. The van der Waals surface area contributed by atoms with Gasteiger partial charge in [-0.15, -0.1) is 0 Å². The number of benzene rings is 3. The number of fused-ring (bicyclic) bond motifs is 1. The Hall–Kier alpha value is -4.64. The number of hydrogen-bond acceptors (Lipinski definition) is 7. The van der Waals surface area contributed by atoms with Crippen LogP contribution >= 0.6 is 0 Å². The van der Waals surface area contributed by atoms with Gasteiger partial charge in [-0.2, -0.15) is 15.0 Å². The normalized spacial score (nSPS) is 10.6. The SMILES string of the molecule is CCOC(=O)c1nn(-c2ccccc2)c(=O)c2c(N)c(C#N)c(-c3ccc(OC)cc3)cc12. The molecule has 0 aliphatic heterocycles. The lowest BCUT2D eigenvalue weighted by Gasteiger charge is -2.15. The van der Waals surface area contributed by atoms with Crippen LogP contribution in [-0.4, -0.2) is 29.5 Å². The van der Waals surface area contributed by atoms with Crippen molar-refractivity contribution in [3.8, 4) is 28.6 Å². The number of para-hydroxylation sites is 1. The number of nitrogens with zero attached hydrogens (tertiary/aromatic N) is 3. The van der Waals surface area contributed by atoms with Crippen molar-refractivity contribution in [2.75, 3.05) is 19.5 Å². The van der Waals surface area contributed by atoms with Gasteiger partial charge in [-0.25, -0.2) is 4.79 Å². The van der Waals surface area contributed by atoms with Gasteiger partial charge in [0.25, 0.3) is 5.56 Å². The molecule has 0 saturated carbocycles. The number of anilines is 1. The van der Waals surface area contributed by atoms with E-state index in [9.17, 15) is 14.9 Å². The lowest BCUT2D eigenvalue weighted by molar-refractivity contribution is 0.0520. The first-order chi connectivity index (χ1) is 16.0. The largest absolute Gasteiger partial charge is 0.497 e. The maximum absolute atomic E-state index is 13.4. The van der Waals surface area contributed by atoms with Gasteiger partial charge in [-0.1, -0.05) is 30.3 Å². The zero-order valence-corrected chi connectivity index (χ0v) is 18.0. The molecule has 1 heterocycles. The molecule has 0 amide bonds. The number of nitriles is 1. The van der Waals surface area contributed by atoms with E-state index in [1.165, 1.54) is 0 Å². The molecule has 164 valence electrons. The Bertz CT molecular complexity index is 1450. The van der Waals surface area contributed by atoms with Gasteiger partial charge >= 0.3 is 5.97 Å². The van der Waals surface area contributed by atoms with E-state index in [4.69, 9.17) is 15.2 Å². The second-order valence-electron chi connectivity index (χ2n) is 7.10. The highest BCUT2D eigenvalue weighted by Crippen LogP contribution is 2.35. The summed E-state index contributed by atoms with van der Waals surface area (Å²) in [6.07, 6.45) is 0. The second kappa shape index (κ2) is 8.85. The summed E-state index contributed by atoms with van der Waals surface area (Å²) in [6.45, 7) is 1.81. The van der Waals surface area contributed by atoms with E-state index in [2.05, 4.69) is 11.2 Å². The van der Waals surface area contributed by atoms with Crippen molar-refractivity contribution in [1.29, 1.82) is 5.26 Å². The molecule has 2 N–H and O–H groups in total. The molecule has 0 aliphatic rings. The maximum atomic E-state index is 13.4. The molecule has 0 aliphatic carbocycles. The summed E-state index contributed by atoms with van der Waals surface area (Å²) in [6, 6.07) is 19.4. The molecule has 8 heteroatoms. The van der Waals surface area contributed by atoms with Crippen LogP contribution in [0.3, 0.4) is 0 Å². The molecular weight excluding hydrogens is 420 g/mol. The highest BCUT2D eigenvalue weighted by atomic mass is 16.5. The summed E-state index contributed by atoms with van der Waals surface area (Å²) >= 11 is 0. The second-order valence-corrected chi connectivity index (χ2v) is 7.10. The van der Waals surface area contributed by atoms with Crippen molar-refractivity contribution in [2.24, 2.45) is 0 Å². The summed E-state index contributed by atoms with van der Waals surface area (Å²) in [5.74, 6) is -0.0531. The molecule has 8 nitrogen and oxygen atoms in total. The summed E-state index contributed by atoms with van der Waals surface area (Å²) in [5.41, 5.74) is 7.46. The third-order valence-electron chi connectivity index (χ3n) is 5.21. The van der Waals surface area contributed by atoms with E-state index >= 15 is 0 Å². The molecule has 0 saturated heterocycles. The minimum absolute atomic E-state index is 0.0246. The molecule has 0 radical (unpaired) electrons. The zero-order valence-electron chi connectivity index (χ0n) is 18.0. The fourth-order valence-electron chi connectivity index (χ4n) is 3.64. The number of methoxy groups -OCH3 is 1. The summed E-state index contributed by atoms with van der Waals surface area (Å²) in [5, 5.41) is 14.5. The van der Waals surface area contributed by atoms with Crippen molar-refractivity contribution >= 4 is 22.4 Å². The Morgan fingerprint density at radius 1 is 1.15 bits per heavy atom. The highest BCUT2D eigenvalue weighted by Gasteiger charge is 2.24. The van der Waals surface area contributed by atoms with Crippen LogP contribution in [0.1, 0.15) is 23.0 Å². The number of nitrogen functional groups attached to an aromatic ring is 1. The highest BCUT2D eigenvalue weighted by molar-refractivity contribution is 6.09. The van der Waals surface area contributed by atoms with Crippen LogP contribution < -0.4 is 16.0 Å². The van der Waals surface area contributed by atoms with E-state index < -0.39 is 11.5 Å². The summed E-state index contributed by atoms with van der Waals surface area (Å²) in [4.78, 5) is 26.3. The van der Waals surface area contributed by atoms with Gasteiger partial charge in [0.05, 0.1) is 36.0 Å². The first-order valence-corrected chi connectivity index (χ1v) is 10.2. The van der Waals surface area contributed by atoms with Gasteiger partial charge in [0.1, 0.15) is 11.8 Å². The smallest absolute Gasteiger partial charge is 0.359 e. The summed E-state index contributed by atoms with van der Waals surface area (Å²) in [7, 11) is 1.55. The molecule has 1 aromatic heterocycles. The van der Waals surface area contributed by atoms with E-state index in [1.54, 1.807) is 74.7 Å². The Balaban J connectivity index is 2.11. The maximum Gasteiger partial charge on any atom is 0.359 e. The van der Waals surface area contributed by atoms with Crippen LogP contribution in [0.15, 0.2) is 65.5 Å². The number of nitrogens with two attached hydrogens (primary N) is 1. The third-order valence-corrected chi connectivity index (χ3v) is 5.21. The predicted molar refractivity (Wildman–Crippen MR) is 124 cm³/mol. The Morgan fingerprint density at radius 3 is 2.45 bits per heavy atom. The lowest BCUT2D eigenvalue weighted by Crippen LogP contribution is -2.26. The van der Waals surface area contributed by atoms with Crippen molar-refractivity contribution in [3.05, 3.63) is 82.3 Å². The molecule has 0 unspecified atom stereocenters. The number of esters is 1. The number of carbonyl (C=O) groups is 1. The average Bonchev–Trinajstić information content (AvgIpc) is 2.84. The first kappa shape index (κ1) is 21.6. The molecule has 0 fully saturated rings. The van der Waals surface area contributed by atoms with Gasteiger partial charge in [-0.05, 0) is 42.8 Å². The first-order valence-electron chi connectivity index (χ1n) is 10.2. The molecule has 33 heavy (non-hydrogen) atoms. The standard InChI is InChI=1S/C25H20N4O4/c1-3-33-25(31)23-19-13-18(15-9-11-17(32-2)12-10-15)20(14-26)22(27)21(19)24(30)29(28-23)16-7-5-4-6-8-16/h4-13H,3,27H2,1-2H3. The van der Waals surface area contributed by atoms with E-state index in [0.29, 0.717) is 22.6 Å². The van der Waals surface area contributed by atoms with Gasteiger partial charge < -0.3 is 15.2 Å². The predicted octanol–water partition coefficient (Wildman–Crippen LogP) is 3.69. The Kier molecular flexibility index (Phi) is 5.79. The van der Waals surface area contributed by atoms with Gasteiger partial charge in [0.2, 0.25) is 0 Å². The molecule has 4 aromatic rings. The fourth-order valence-corrected chi connectivity index (χ4v) is 3.64. The topological polar surface area (TPSA) is 120 Å². The number of aromatic nitrogens is 2. The van der Waals surface area contributed by atoms with Crippen LogP contribution in [0.5, 0.6) is 5.75 Å². The molecule has 0 bridgehead atoms. The van der Waals surface area contributed by atoms with Crippen molar-refractivity contribution in [2.45, 2.75) is 6.92 Å². The van der Waals surface area contributed by atoms with Gasteiger partial charge in [-0.3, -0.25) is 4.79 Å².